The Morgan fingerprint density at radius 3 is 2.88 bits per heavy atom. The second-order valence-corrected chi connectivity index (χ2v) is 5.97. The molecule has 0 aliphatic heterocycles. The van der Waals surface area contributed by atoms with Crippen LogP contribution in [0.15, 0.2) is 22.7 Å². The summed E-state index contributed by atoms with van der Waals surface area (Å²) in [7, 11) is 0. The quantitative estimate of drug-likeness (QED) is 0.851. The predicted octanol–water partition coefficient (Wildman–Crippen LogP) is 4.38. The first kappa shape index (κ1) is 12.4. The molecule has 1 aliphatic carbocycles. The largest absolute Gasteiger partial charge is 0.310 e. The van der Waals surface area contributed by atoms with Gasteiger partial charge in [-0.05, 0) is 52.9 Å². The normalized spacial score (nSPS) is 17.4. The van der Waals surface area contributed by atoms with Crippen LogP contribution in [0, 0.1) is 5.92 Å². The maximum Gasteiger partial charge on any atom is 0.0551 e. The van der Waals surface area contributed by atoms with Crippen LogP contribution in [0.4, 0.5) is 0 Å². The van der Waals surface area contributed by atoms with Crippen LogP contribution in [0.3, 0.4) is 0 Å². The van der Waals surface area contributed by atoms with Gasteiger partial charge in [0, 0.05) is 17.1 Å². The molecule has 0 amide bonds. The Balaban J connectivity index is 1.81. The van der Waals surface area contributed by atoms with E-state index in [1.807, 2.05) is 12.1 Å². The maximum atomic E-state index is 6.05. The lowest BCUT2D eigenvalue weighted by atomic mass is 10.1. The van der Waals surface area contributed by atoms with Crippen molar-refractivity contribution < 1.29 is 0 Å². The summed E-state index contributed by atoms with van der Waals surface area (Å²) in [6.45, 7) is 3.17. The zero-order chi connectivity index (χ0) is 11.5. The van der Waals surface area contributed by atoms with Crippen molar-refractivity contribution in [2.45, 2.75) is 38.8 Å². The molecule has 1 fully saturated rings. The van der Waals surface area contributed by atoms with Crippen molar-refractivity contribution in [1.29, 1.82) is 0 Å². The number of hydrogen-bond donors (Lipinski definition) is 1. The van der Waals surface area contributed by atoms with Gasteiger partial charge in [-0.25, -0.2) is 0 Å². The molecule has 1 aliphatic rings. The smallest absolute Gasteiger partial charge is 0.0551 e. The van der Waals surface area contributed by atoms with E-state index in [0.29, 0.717) is 6.04 Å². The van der Waals surface area contributed by atoms with Gasteiger partial charge in [-0.15, -0.1) is 0 Å². The summed E-state index contributed by atoms with van der Waals surface area (Å²) in [4.78, 5) is 0. The van der Waals surface area contributed by atoms with Crippen molar-refractivity contribution in [3.05, 3.63) is 33.3 Å². The second kappa shape index (κ2) is 5.52. The Labute approximate surface area is 111 Å². The average Bonchev–Trinajstić information content (AvgIpc) is 3.04. The number of nitrogens with one attached hydrogen (secondary N) is 1. The second-order valence-electron chi connectivity index (χ2n) is 4.71. The van der Waals surface area contributed by atoms with Crippen LogP contribution < -0.4 is 5.32 Å². The van der Waals surface area contributed by atoms with Gasteiger partial charge in [-0.1, -0.05) is 30.5 Å². The minimum atomic E-state index is 0.606. The molecule has 0 saturated heterocycles. The summed E-state index contributed by atoms with van der Waals surface area (Å²) in [5, 5.41) is 4.33. The van der Waals surface area contributed by atoms with Crippen LogP contribution in [0.5, 0.6) is 0 Å². The first-order valence-electron chi connectivity index (χ1n) is 5.82. The molecule has 16 heavy (non-hydrogen) atoms. The summed E-state index contributed by atoms with van der Waals surface area (Å²) in [6, 6.07) is 6.73. The molecule has 1 saturated carbocycles. The molecule has 1 unspecified atom stereocenters. The minimum Gasteiger partial charge on any atom is -0.310 e. The van der Waals surface area contributed by atoms with Crippen LogP contribution in [0.25, 0.3) is 0 Å². The molecular formula is C13H17BrClN. The molecule has 2 rings (SSSR count). The molecule has 0 aromatic heterocycles. The van der Waals surface area contributed by atoms with E-state index in [1.54, 1.807) is 0 Å². The highest BCUT2D eigenvalue weighted by Crippen LogP contribution is 2.33. The average molecular weight is 303 g/mol. The summed E-state index contributed by atoms with van der Waals surface area (Å²) >= 11 is 9.45. The van der Waals surface area contributed by atoms with Crippen molar-refractivity contribution >= 4 is 27.5 Å². The number of rotatable bonds is 5. The highest BCUT2D eigenvalue weighted by molar-refractivity contribution is 9.10. The van der Waals surface area contributed by atoms with Crippen LogP contribution >= 0.6 is 27.5 Å². The molecule has 88 valence electrons. The van der Waals surface area contributed by atoms with Crippen LogP contribution in [0.2, 0.25) is 5.02 Å². The van der Waals surface area contributed by atoms with Crippen molar-refractivity contribution in [3.63, 3.8) is 0 Å². The minimum absolute atomic E-state index is 0.606. The molecule has 0 radical (unpaired) electrons. The summed E-state index contributed by atoms with van der Waals surface area (Å²) in [5.74, 6) is 0.982. The molecule has 1 N–H and O–H groups in total. The van der Waals surface area contributed by atoms with Gasteiger partial charge in [0.1, 0.15) is 0 Å². The van der Waals surface area contributed by atoms with Crippen molar-refractivity contribution in [2.24, 2.45) is 5.92 Å². The Bertz CT molecular complexity index is 363. The lowest BCUT2D eigenvalue weighted by Crippen LogP contribution is -2.25. The molecule has 1 aromatic carbocycles. The van der Waals surface area contributed by atoms with Gasteiger partial charge < -0.3 is 5.32 Å². The first-order chi connectivity index (χ1) is 7.65. The van der Waals surface area contributed by atoms with Gasteiger partial charge in [0.05, 0.1) is 5.02 Å². The SMILES string of the molecule is CC(CC1CC1)NCc1ccc(Br)c(Cl)c1. The Hall–Kier alpha value is -0.0500. The van der Waals surface area contributed by atoms with Crippen molar-refractivity contribution in [3.8, 4) is 0 Å². The maximum absolute atomic E-state index is 6.05. The first-order valence-corrected chi connectivity index (χ1v) is 6.99. The topological polar surface area (TPSA) is 12.0 Å². The number of benzene rings is 1. The van der Waals surface area contributed by atoms with E-state index in [1.165, 1.54) is 24.8 Å². The fourth-order valence-corrected chi connectivity index (χ4v) is 2.33. The molecule has 0 heterocycles. The van der Waals surface area contributed by atoms with E-state index < -0.39 is 0 Å². The summed E-state index contributed by atoms with van der Waals surface area (Å²) < 4.78 is 0.962. The fraction of sp³-hybridized carbons (Fsp3) is 0.538. The van der Waals surface area contributed by atoms with Gasteiger partial charge in [-0.2, -0.15) is 0 Å². The van der Waals surface area contributed by atoms with Crippen LogP contribution in [0.1, 0.15) is 31.7 Å². The van der Waals surface area contributed by atoms with E-state index in [0.717, 1.165) is 22.0 Å². The highest BCUT2D eigenvalue weighted by Gasteiger charge is 2.23. The Morgan fingerprint density at radius 2 is 2.25 bits per heavy atom. The van der Waals surface area contributed by atoms with E-state index in [-0.39, 0.29) is 0 Å². The fourth-order valence-electron chi connectivity index (χ4n) is 1.88. The number of halogens is 2. The van der Waals surface area contributed by atoms with Crippen molar-refractivity contribution in [2.75, 3.05) is 0 Å². The van der Waals surface area contributed by atoms with E-state index in [9.17, 15) is 0 Å². The standard InChI is InChI=1S/C13H17BrClN/c1-9(6-10-2-3-10)16-8-11-4-5-12(14)13(15)7-11/h4-5,7,9-10,16H,2-3,6,8H2,1H3. The molecule has 1 nitrogen and oxygen atoms in total. The predicted molar refractivity (Wildman–Crippen MR) is 72.8 cm³/mol. The third-order valence-corrected chi connectivity index (χ3v) is 4.25. The van der Waals surface area contributed by atoms with Gasteiger partial charge in [-0.3, -0.25) is 0 Å². The monoisotopic (exact) mass is 301 g/mol. The third kappa shape index (κ3) is 3.76. The van der Waals surface area contributed by atoms with Gasteiger partial charge >= 0.3 is 0 Å². The molecule has 0 spiro atoms. The Morgan fingerprint density at radius 1 is 1.50 bits per heavy atom. The van der Waals surface area contributed by atoms with Crippen LogP contribution in [-0.2, 0) is 6.54 Å². The Kier molecular flexibility index (Phi) is 4.28. The van der Waals surface area contributed by atoms with Crippen molar-refractivity contribution in [1.82, 2.24) is 5.32 Å². The van der Waals surface area contributed by atoms with Gasteiger partial charge in [0.15, 0.2) is 0 Å². The lowest BCUT2D eigenvalue weighted by Gasteiger charge is -2.13. The highest BCUT2D eigenvalue weighted by atomic mass is 79.9. The van der Waals surface area contributed by atoms with Gasteiger partial charge in [0.25, 0.3) is 0 Å². The zero-order valence-corrected chi connectivity index (χ0v) is 11.8. The molecule has 3 heteroatoms. The lowest BCUT2D eigenvalue weighted by molar-refractivity contribution is 0.487. The number of hydrogen-bond acceptors (Lipinski definition) is 1. The summed E-state index contributed by atoms with van der Waals surface area (Å²) in [6.07, 6.45) is 4.16. The molecule has 1 atom stereocenters. The molecule has 1 aromatic rings. The zero-order valence-electron chi connectivity index (χ0n) is 9.47. The summed E-state index contributed by atoms with van der Waals surface area (Å²) in [5.41, 5.74) is 1.25. The van der Waals surface area contributed by atoms with E-state index in [2.05, 4.69) is 34.2 Å². The van der Waals surface area contributed by atoms with Gasteiger partial charge in [0.2, 0.25) is 0 Å². The van der Waals surface area contributed by atoms with E-state index >= 15 is 0 Å². The van der Waals surface area contributed by atoms with Crippen LogP contribution in [-0.4, -0.2) is 6.04 Å². The molecular weight excluding hydrogens is 286 g/mol. The molecule has 0 bridgehead atoms. The van der Waals surface area contributed by atoms with E-state index in [4.69, 9.17) is 11.6 Å². The third-order valence-electron chi connectivity index (χ3n) is 3.02.